The Balaban J connectivity index is 1.65. The number of nitrogens with one attached hydrogen (secondary N) is 3. The quantitative estimate of drug-likeness (QED) is 0.0680. The summed E-state index contributed by atoms with van der Waals surface area (Å²) in [6.45, 7) is 2.25. The average molecular weight is 550 g/mol. The van der Waals surface area contributed by atoms with Crippen molar-refractivity contribution in [3.63, 3.8) is 0 Å². The van der Waals surface area contributed by atoms with Crippen LogP contribution in [0.2, 0.25) is 0 Å². The van der Waals surface area contributed by atoms with Crippen molar-refractivity contribution in [3.8, 4) is 0 Å². The van der Waals surface area contributed by atoms with Gasteiger partial charge in [0.05, 0.1) is 17.4 Å². The molecule has 9 N–H and O–H groups in total. The molecule has 12 heteroatoms. The van der Waals surface area contributed by atoms with Gasteiger partial charge in [-0.05, 0) is 30.5 Å². The van der Waals surface area contributed by atoms with Crippen LogP contribution in [0.15, 0.2) is 66.9 Å². The molecule has 3 rings (SSSR count). The third kappa shape index (κ3) is 9.58. The largest absolute Gasteiger partial charge is 0.339 e. The highest BCUT2D eigenvalue weighted by Crippen LogP contribution is 2.17. The Hall–Kier alpha value is -4.10. The molecule has 0 bridgehead atoms. The van der Waals surface area contributed by atoms with Gasteiger partial charge in [-0.3, -0.25) is 19.6 Å². The minimum absolute atomic E-state index is 0.269. The standard InChI is InChI=1S/C28H39N9O3/c29-12-14-32-15-17-36(16-13-30)26(38)20-37(31)28(40)35-25(11-10-21-6-2-1-3-7-21)27(39)34-23-18-22-8-4-5-9-24(22)33-19-23/h1-9,18-19,25,32H,10-17,20,29-31H2,(H,34,39)(H,35,40)/t25-/m0/s1. The van der Waals surface area contributed by atoms with Gasteiger partial charge in [-0.15, -0.1) is 0 Å². The summed E-state index contributed by atoms with van der Waals surface area (Å²) in [5.41, 5.74) is 13.5. The number of hydrazine groups is 1. The lowest BCUT2D eigenvalue weighted by Crippen LogP contribution is -2.55. The number of fused-ring (bicyclic) bond motifs is 1. The molecule has 0 aliphatic carbocycles. The van der Waals surface area contributed by atoms with Crippen LogP contribution in [-0.4, -0.2) is 84.6 Å². The van der Waals surface area contributed by atoms with E-state index in [1.807, 2.05) is 60.7 Å². The van der Waals surface area contributed by atoms with Gasteiger partial charge in [0.1, 0.15) is 12.6 Å². The Kier molecular flexibility index (Phi) is 12.3. The SMILES string of the molecule is NCCNCCN(CCN)C(=O)CN(N)C(=O)N[C@@H](CCc1ccccc1)C(=O)Nc1cnc2ccccc2c1. The zero-order chi connectivity index (χ0) is 28.7. The molecule has 0 aliphatic heterocycles. The number of para-hydroxylation sites is 1. The molecule has 0 fully saturated rings. The Bertz CT molecular complexity index is 1240. The first kappa shape index (κ1) is 30.4. The lowest BCUT2D eigenvalue weighted by molar-refractivity contribution is -0.131. The number of benzene rings is 2. The molecule has 0 saturated carbocycles. The maximum absolute atomic E-state index is 13.3. The second-order valence-electron chi connectivity index (χ2n) is 9.27. The first-order chi connectivity index (χ1) is 19.4. The maximum atomic E-state index is 13.3. The van der Waals surface area contributed by atoms with Gasteiger partial charge in [-0.2, -0.15) is 0 Å². The number of aryl methyl sites for hydroxylation is 1. The van der Waals surface area contributed by atoms with E-state index in [4.69, 9.17) is 17.3 Å². The number of pyridine rings is 1. The number of urea groups is 1. The van der Waals surface area contributed by atoms with Crippen molar-refractivity contribution >= 4 is 34.4 Å². The van der Waals surface area contributed by atoms with Gasteiger partial charge in [-0.25, -0.2) is 10.6 Å². The van der Waals surface area contributed by atoms with Crippen LogP contribution in [0.4, 0.5) is 10.5 Å². The fraction of sp³-hybridized carbons (Fsp3) is 0.357. The highest BCUT2D eigenvalue weighted by molar-refractivity contribution is 5.98. The van der Waals surface area contributed by atoms with Crippen molar-refractivity contribution in [2.45, 2.75) is 18.9 Å². The topological polar surface area (TPSA) is 185 Å². The minimum atomic E-state index is -0.916. The third-order valence-electron chi connectivity index (χ3n) is 6.23. The molecule has 0 saturated heterocycles. The smallest absolute Gasteiger partial charge is 0.332 e. The second kappa shape index (κ2) is 16.1. The molecule has 0 spiro atoms. The molecule has 4 amide bonds. The molecule has 12 nitrogen and oxygen atoms in total. The Morgan fingerprint density at radius 1 is 0.925 bits per heavy atom. The highest BCUT2D eigenvalue weighted by atomic mass is 16.2. The predicted molar refractivity (Wildman–Crippen MR) is 156 cm³/mol. The van der Waals surface area contributed by atoms with E-state index in [0.29, 0.717) is 51.3 Å². The highest BCUT2D eigenvalue weighted by Gasteiger charge is 2.25. The van der Waals surface area contributed by atoms with Crippen molar-refractivity contribution in [3.05, 3.63) is 72.4 Å². The number of aromatic nitrogens is 1. The number of carbonyl (C=O) groups is 3. The third-order valence-corrected chi connectivity index (χ3v) is 6.23. The van der Waals surface area contributed by atoms with Gasteiger partial charge in [0.25, 0.3) is 0 Å². The van der Waals surface area contributed by atoms with Crippen LogP contribution in [0.3, 0.4) is 0 Å². The second-order valence-corrected chi connectivity index (χ2v) is 9.27. The minimum Gasteiger partial charge on any atom is -0.339 e. The molecular formula is C28H39N9O3. The van der Waals surface area contributed by atoms with Crippen molar-refractivity contribution in [1.82, 2.24) is 25.5 Å². The van der Waals surface area contributed by atoms with E-state index in [1.165, 1.54) is 4.90 Å². The van der Waals surface area contributed by atoms with E-state index in [2.05, 4.69) is 20.9 Å². The van der Waals surface area contributed by atoms with Gasteiger partial charge in [0.2, 0.25) is 11.8 Å². The number of carbonyl (C=O) groups excluding carboxylic acids is 3. The zero-order valence-electron chi connectivity index (χ0n) is 22.6. The molecule has 0 radical (unpaired) electrons. The van der Waals surface area contributed by atoms with E-state index in [-0.39, 0.29) is 19.0 Å². The van der Waals surface area contributed by atoms with Crippen LogP contribution in [0, 0.1) is 0 Å². The van der Waals surface area contributed by atoms with E-state index in [1.54, 1.807) is 6.20 Å². The molecule has 0 aliphatic rings. The summed E-state index contributed by atoms with van der Waals surface area (Å²) < 4.78 is 0. The summed E-state index contributed by atoms with van der Waals surface area (Å²) in [6, 6.07) is 17.4. The van der Waals surface area contributed by atoms with Gasteiger partial charge >= 0.3 is 6.03 Å². The van der Waals surface area contributed by atoms with E-state index in [9.17, 15) is 14.4 Å². The van der Waals surface area contributed by atoms with E-state index < -0.39 is 18.0 Å². The van der Waals surface area contributed by atoms with Gasteiger partial charge in [0, 0.05) is 44.7 Å². The molecule has 1 atom stereocenters. The molecule has 3 aromatic rings. The number of amides is 4. The number of rotatable bonds is 15. The summed E-state index contributed by atoms with van der Waals surface area (Å²) >= 11 is 0. The fourth-order valence-electron chi connectivity index (χ4n) is 4.10. The maximum Gasteiger partial charge on any atom is 0.332 e. The summed E-state index contributed by atoms with van der Waals surface area (Å²) in [6.07, 6.45) is 2.42. The predicted octanol–water partition coefficient (Wildman–Crippen LogP) is 0.396. The van der Waals surface area contributed by atoms with Crippen molar-refractivity contribution < 1.29 is 14.4 Å². The first-order valence-corrected chi connectivity index (χ1v) is 13.3. The van der Waals surface area contributed by atoms with Crippen molar-refractivity contribution in [2.24, 2.45) is 17.3 Å². The first-order valence-electron chi connectivity index (χ1n) is 13.3. The van der Waals surface area contributed by atoms with Crippen LogP contribution in [0.1, 0.15) is 12.0 Å². The molecule has 2 aromatic carbocycles. The fourth-order valence-corrected chi connectivity index (χ4v) is 4.10. The summed E-state index contributed by atoms with van der Waals surface area (Å²) in [4.78, 5) is 45.0. The van der Waals surface area contributed by atoms with Crippen LogP contribution < -0.4 is 33.3 Å². The van der Waals surface area contributed by atoms with Crippen LogP contribution in [0.25, 0.3) is 10.9 Å². The number of nitrogens with two attached hydrogens (primary N) is 3. The summed E-state index contributed by atoms with van der Waals surface area (Å²) in [5, 5.41) is 10.3. The normalized spacial score (nSPS) is 11.6. The number of hydrogen-bond acceptors (Lipinski definition) is 8. The molecule has 0 unspecified atom stereocenters. The summed E-state index contributed by atoms with van der Waals surface area (Å²) in [7, 11) is 0. The summed E-state index contributed by atoms with van der Waals surface area (Å²) in [5.74, 6) is 5.19. The van der Waals surface area contributed by atoms with Crippen LogP contribution in [0.5, 0.6) is 0 Å². The zero-order valence-corrected chi connectivity index (χ0v) is 22.6. The number of hydrogen-bond donors (Lipinski definition) is 6. The average Bonchev–Trinajstić information content (AvgIpc) is 2.97. The van der Waals surface area contributed by atoms with E-state index >= 15 is 0 Å². The van der Waals surface area contributed by atoms with E-state index in [0.717, 1.165) is 21.5 Å². The lowest BCUT2D eigenvalue weighted by atomic mass is 10.0. The Morgan fingerprint density at radius 3 is 2.42 bits per heavy atom. The van der Waals surface area contributed by atoms with Crippen molar-refractivity contribution in [1.29, 1.82) is 0 Å². The molecule has 40 heavy (non-hydrogen) atoms. The molecule has 1 aromatic heterocycles. The van der Waals surface area contributed by atoms with Gasteiger partial charge < -0.3 is 32.3 Å². The number of anilines is 1. The molecular weight excluding hydrogens is 510 g/mol. The number of nitrogens with zero attached hydrogens (tertiary/aromatic N) is 3. The Labute approximate surface area is 234 Å². The monoisotopic (exact) mass is 549 g/mol. The van der Waals surface area contributed by atoms with Gasteiger partial charge in [-0.1, -0.05) is 48.5 Å². The van der Waals surface area contributed by atoms with Crippen LogP contribution >= 0.6 is 0 Å². The Morgan fingerprint density at radius 2 is 1.68 bits per heavy atom. The molecule has 214 valence electrons. The van der Waals surface area contributed by atoms with Gasteiger partial charge in [0.15, 0.2) is 0 Å². The van der Waals surface area contributed by atoms with Crippen molar-refractivity contribution in [2.75, 3.05) is 51.1 Å². The lowest BCUT2D eigenvalue weighted by Gasteiger charge is -2.26. The molecule has 1 heterocycles. The van der Waals surface area contributed by atoms with Crippen LogP contribution in [-0.2, 0) is 16.0 Å².